The Kier molecular flexibility index (Phi) is 5.36. The number of benzene rings is 1. The molecule has 0 fully saturated rings. The second-order valence-corrected chi connectivity index (χ2v) is 4.64. The van der Waals surface area contributed by atoms with Crippen LogP contribution in [-0.2, 0) is 4.79 Å². The number of hydrogen-bond donors (Lipinski definition) is 1. The van der Waals surface area contributed by atoms with E-state index in [1.807, 2.05) is 6.92 Å². The Balaban J connectivity index is 2.83. The number of anilines is 1. The third-order valence-electron chi connectivity index (χ3n) is 2.76. The van der Waals surface area contributed by atoms with Crippen LogP contribution in [0.3, 0.4) is 0 Å². The van der Waals surface area contributed by atoms with E-state index in [-0.39, 0.29) is 18.4 Å². The summed E-state index contributed by atoms with van der Waals surface area (Å²) in [5.74, 6) is -0.228. The summed E-state index contributed by atoms with van der Waals surface area (Å²) in [5.41, 5.74) is 6.76. The molecule has 5 heteroatoms. The lowest BCUT2D eigenvalue weighted by molar-refractivity contribution is -0.129. The molecule has 0 aliphatic heterocycles. The first-order valence-electron chi connectivity index (χ1n) is 6.30. The summed E-state index contributed by atoms with van der Waals surface area (Å²) in [6, 6.07) is 6.73. The normalized spacial score (nSPS) is 10.1. The van der Waals surface area contributed by atoms with E-state index in [4.69, 9.17) is 5.73 Å². The SMILES string of the molecule is CCCN(CC(=O)N(C)C)C(=O)c1ccc(N)cc1. The van der Waals surface area contributed by atoms with Crippen molar-refractivity contribution in [3.05, 3.63) is 29.8 Å². The van der Waals surface area contributed by atoms with Gasteiger partial charge in [-0.05, 0) is 30.7 Å². The highest BCUT2D eigenvalue weighted by molar-refractivity contribution is 5.96. The second-order valence-electron chi connectivity index (χ2n) is 4.64. The van der Waals surface area contributed by atoms with E-state index in [0.29, 0.717) is 17.8 Å². The van der Waals surface area contributed by atoms with Crippen LogP contribution in [0.15, 0.2) is 24.3 Å². The molecule has 0 saturated carbocycles. The third kappa shape index (κ3) is 4.28. The Labute approximate surface area is 114 Å². The van der Waals surface area contributed by atoms with Crippen molar-refractivity contribution < 1.29 is 9.59 Å². The van der Waals surface area contributed by atoms with Gasteiger partial charge in [-0.25, -0.2) is 0 Å². The Morgan fingerprint density at radius 1 is 1.16 bits per heavy atom. The average molecular weight is 263 g/mol. The highest BCUT2D eigenvalue weighted by Crippen LogP contribution is 2.09. The molecule has 0 radical (unpaired) electrons. The highest BCUT2D eigenvalue weighted by atomic mass is 16.2. The van der Waals surface area contributed by atoms with Gasteiger partial charge in [0.1, 0.15) is 6.54 Å². The van der Waals surface area contributed by atoms with Crippen LogP contribution in [-0.4, -0.2) is 48.8 Å². The minimum absolute atomic E-state index is 0.0859. The molecule has 0 aromatic heterocycles. The Hall–Kier alpha value is -2.04. The molecule has 0 atom stereocenters. The van der Waals surface area contributed by atoms with E-state index in [1.54, 1.807) is 43.3 Å². The molecule has 5 nitrogen and oxygen atoms in total. The fourth-order valence-electron chi connectivity index (χ4n) is 1.64. The summed E-state index contributed by atoms with van der Waals surface area (Å²) in [4.78, 5) is 27.1. The standard InChI is InChI=1S/C14H21N3O2/c1-4-9-17(10-13(18)16(2)3)14(19)11-5-7-12(15)8-6-11/h5-8H,4,9-10,15H2,1-3H3. The van der Waals surface area contributed by atoms with Gasteiger partial charge in [0.05, 0.1) is 0 Å². The van der Waals surface area contributed by atoms with Gasteiger partial charge in [-0.3, -0.25) is 9.59 Å². The zero-order valence-electron chi connectivity index (χ0n) is 11.7. The van der Waals surface area contributed by atoms with Crippen LogP contribution in [0.1, 0.15) is 23.7 Å². The van der Waals surface area contributed by atoms with Gasteiger partial charge in [-0.1, -0.05) is 6.92 Å². The first-order valence-corrected chi connectivity index (χ1v) is 6.30. The molecule has 0 bridgehead atoms. The first-order chi connectivity index (χ1) is 8.95. The maximum Gasteiger partial charge on any atom is 0.254 e. The molecule has 0 aliphatic carbocycles. The van der Waals surface area contributed by atoms with E-state index in [0.717, 1.165) is 6.42 Å². The van der Waals surface area contributed by atoms with Crippen LogP contribution in [0.4, 0.5) is 5.69 Å². The number of rotatable bonds is 5. The Bertz CT molecular complexity index is 441. The molecule has 19 heavy (non-hydrogen) atoms. The number of likely N-dealkylation sites (N-methyl/N-ethyl adjacent to an activating group) is 1. The average Bonchev–Trinajstić information content (AvgIpc) is 2.38. The van der Waals surface area contributed by atoms with Crippen LogP contribution >= 0.6 is 0 Å². The molecule has 1 aromatic carbocycles. The van der Waals surface area contributed by atoms with Crippen LogP contribution < -0.4 is 5.73 Å². The molecule has 104 valence electrons. The predicted molar refractivity (Wildman–Crippen MR) is 75.7 cm³/mol. The van der Waals surface area contributed by atoms with Gasteiger partial charge in [-0.2, -0.15) is 0 Å². The largest absolute Gasteiger partial charge is 0.399 e. The van der Waals surface area contributed by atoms with E-state index in [2.05, 4.69) is 0 Å². The number of carbonyl (C=O) groups excluding carboxylic acids is 2. The van der Waals surface area contributed by atoms with Crippen molar-refractivity contribution in [3.8, 4) is 0 Å². The van der Waals surface area contributed by atoms with E-state index >= 15 is 0 Å². The molecule has 0 saturated heterocycles. The molecule has 1 aromatic rings. The van der Waals surface area contributed by atoms with Crippen LogP contribution in [0.5, 0.6) is 0 Å². The van der Waals surface area contributed by atoms with Crippen LogP contribution in [0, 0.1) is 0 Å². The maximum absolute atomic E-state index is 12.3. The van der Waals surface area contributed by atoms with Gasteiger partial charge in [0.2, 0.25) is 5.91 Å². The number of nitrogen functional groups attached to an aromatic ring is 1. The lowest BCUT2D eigenvalue weighted by Gasteiger charge is -2.23. The smallest absolute Gasteiger partial charge is 0.254 e. The Morgan fingerprint density at radius 2 is 1.74 bits per heavy atom. The fraction of sp³-hybridized carbons (Fsp3) is 0.429. The molecule has 2 N–H and O–H groups in total. The number of amides is 2. The summed E-state index contributed by atoms with van der Waals surface area (Å²) in [5, 5.41) is 0. The predicted octanol–water partition coefficient (Wildman–Crippen LogP) is 1.21. The molecular formula is C14H21N3O2. The van der Waals surface area contributed by atoms with Crippen molar-refractivity contribution in [1.29, 1.82) is 0 Å². The Morgan fingerprint density at radius 3 is 2.21 bits per heavy atom. The van der Waals surface area contributed by atoms with E-state index < -0.39 is 0 Å². The minimum Gasteiger partial charge on any atom is -0.399 e. The van der Waals surface area contributed by atoms with E-state index in [1.165, 1.54) is 4.90 Å². The molecule has 0 heterocycles. The number of carbonyl (C=O) groups is 2. The molecule has 0 aliphatic rings. The van der Waals surface area contributed by atoms with Crippen LogP contribution in [0.2, 0.25) is 0 Å². The number of hydrogen-bond acceptors (Lipinski definition) is 3. The summed E-state index contributed by atoms with van der Waals surface area (Å²) < 4.78 is 0. The van der Waals surface area contributed by atoms with E-state index in [9.17, 15) is 9.59 Å². The highest BCUT2D eigenvalue weighted by Gasteiger charge is 2.18. The van der Waals surface area contributed by atoms with Gasteiger partial charge in [0.15, 0.2) is 0 Å². The van der Waals surface area contributed by atoms with Gasteiger partial charge in [0.25, 0.3) is 5.91 Å². The molecular weight excluding hydrogens is 242 g/mol. The van der Waals surface area contributed by atoms with Gasteiger partial charge in [0, 0.05) is 31.9 Å². The fourth-order valence-corrected chi connectivity index (χ4v) is 1.64. The number of nitrogens with zero attached hydrogens (tertiary/aromatic N) is 2. The maximum atomic E-state index is 12.3. The van der Waals surface area contributed by atoms with Gasteiger partial charge in [-0.15, -0.1) is 0 Å². The number of nitrogens with two attached hydrogens (primary N) is 1. The minimum atomic E-state index is -0.142. The quantitative estimate of drug-likeness (QED) is 0.812. The zero-order chi connectivity index (χ0) is 14.4. The van der Waals surface area contributed by atoms with Gasteiger partial charge >= 0.3 is 0 Å². The molecule has 1 rings (SSSR count). The van der Waals surface area contributed by atoms with Crippen molar-refractivity contribution in [1.82, 2.24) is 9.80 Å². The third-order valence-corrected chi connectivity index (χ3v) is 2.76. The van der Waals surface area contributed by atoms with Crippen LogP contribution in [0.25, 0.3) is 0 Å². The monoisotopic (exact) mass is 263 g/mol. The summed E-state index contributed by atoms with van der Waals surface area (Å²) >= 11 is 0. The first kappa shape index (κ1) is 15.0. The molecule has 2 amide bonds. The summed E-state index contributed by atoms with van der Waals surface area (Å²) in [6.07, 6.45) is 0.807. The van der Waals surface area contributed by atoms with Gasteiger partial charge < -0.3 is 15.5 Å². The van der Waals surface area contributed by atoms with Crippen molar-refractivity contribution in [2.45, 2.75) is 13.3 Å². The van der Waals surface area contributed by atoms with Crippen molar-refractivity contribution in [2.75, 3.05) is 32.9 Å². The molecule has 0 spiro atoms. The molecule has 0 unspecified atom stereocenters. The second kappa shape index (κ2) is 6.78. The summed E-state index contributed by atoms with van der Waals surface area (Å²) in [6.45, 7) is 2.64. The van der Waals surface area contributed by atoms with Crippen molar-refractivity contribution in [2.24, 2.45) is 0 Å². The van der Waals surface area contributed by atoms with Crippen molar-refractivity contribution >= 4 is 17.5 Å². The summed E-state index contributed by atoms with van der Waals surface area (Å²) in [7, 11) is 3.36. The lowest BCUT2D eigenvalue weighted by Crippen LogP contribution is -2.40. The topological polar surface area (TPSA) is 66.6 Å². The van der Waals surface area contributed by atoms with Crippen molar-refractivity contribution in [3.63, 3.8) is 0 Å². The lowest BCUT2D eigenvalue weighted by atomic mass is 10.1. The zero-order valence-corrected chi connectivity index (χ0v) is 11.7.